The van der Waals surface area contributed by atoms with E-state index in [9.17, 15) is 4.79 Å². The lowest BCUT2D eigenvalue weighted by atomic mass is 10.1. The van der Waals surface area contributed by atoms with Gasteiger partial charge < -0.3 is 15.4 Å². The molecular formula is C12H17N3O2. The van der Waals surface area contributed by atoms with Gasteiger partial charge in [-0.2, -0.15) is 0 Å². The van der Waals surface area contributed by atoms with Crippen molar-refractivity contribution in [3.63, 3.8) is 0 Å². The van der Waals surface area contributed by atoms with Gasteiger partial charge >= 0.3 is 0 Å². The molecule has 1 aromatic heterocycles. The Labute approximate surface area is 101 Å². The molecule has 1 aliphatic heterocycles. The second-order valence-corrected chi connectivity index (χ2v) is 4.15. The van der Waals surface area contributed by atoms with E-state index in [1.165, 1.54) is 0 Å². The Morgan fingerprint density at radius 3 is 3.12 bits per heavy atom. The number of methoxy groups -OCH3 is 1. The first kappa shape index (κ1) is 12.0. The van der Waals surface area contributed by atoms with Crippen LogP contribution < -0.4 is 10.6 Å². The molecule has 0 aromatic carbocycles. The molecule has 1 fully saturated rings. The topological polar surface area (TPSA) is 63.2 Å². The fraction of sp³-hybridized carbons (Fsp3) is 0.500. The lowest BCUT2D eigenvalue weighted by Gasteiger charge is -2.18. The van der Waals surface area contributed by atoms with Crippen LogP contribution >= 0.6 is 0 Å². The Morgan fingerprint density at radius 1 is 1.59 bits per heavy atom. The zero-order valence-corrected chi connectivity index (χ0v) is 10.1. The van der Waals surface area contributed by atoms with E-state index in [1.807, 2.05) is 6.92 Å². The number of nitrogens with one attached hydrogen (secondary N) is 2. The molecule has 1 saturated heterocycles. The van der Waals surface area contributed by atoms with Crippen LogP contribution in [0.5, 0.6) is 0 Å². The third-order valence-corrected chi connectivity index (χ3v) is 3.03. The van der Waals surface area contributed by atoms with Crippen LogP contribution in [0.25, 0.3) is 0 Å². The van der Waals surface area contributed by atoms with Crippen molar-refractivity contribution < 1.29 is 9.53 Å². The molecule has 92 valence electrons. The van der Waals surface area contributed by atoms with Gasteiger partial charge in [-0.3, -0.25) is 9.78 Å². The number of rotatable bonds is 3. The summed E-state index contributed by atoms with van der Waals surface area (Å²) in [4.78, 5) is 16.2. The molecule has 0 aliphatic carbocycles. The predicted octanol–water partition coefficient (Wildman–Crippen LogP) is 0.107. The van der Waals surface area contributed by atoms with Gasteiger partial charge in [-0.1, -0.05) is 0 Å². The molecule has 1 aliphatic rings. The number of aromatic nitrogens is 1. The molecule has 1 unspecified atom stereocenters. The van der Waals surface area contributed by atoms with Gasteiger partial charge in [-0.15, -0.1) is 0 Å². The Bertz CT molecular complexity index is 408. The number of hydrogen-bond acceptors (Lipinski definition) is 4. The van der Waals surface area contributed by atoms with Crippen molar-refractivity contribution in [1.82, 2.24) is 15.6 Å². The van der Waals surface area contributed by atoms with E-state index in [4.69, 9.17) is 4.74 Å². The monoisotopic (exact) mass is 235 g/mol. The molecule has 2 N–H and O–H groups in total. The van der Waals surface area contributed by atoms with Gasteiger partial charge in [-0.25, -0.2) is 0 Å². The molecule has 5 nitrogen and oxygen atoms in total. The van der Waals surface area contributed by atoms with Crippen molar-refractivity contribution in [3.8, 4) is 0 Å². The van der Waals surface area contributed by atoms with Crippen LogP contribution in [0.4, 0.5) is 0 Å². The summed E-state index contributed by atoms with van der Waals surface area (Å²) in [5.41, 5.74) is 1.36. The Morgan fingerprint density at radius 2 is 2.41 bits per heavy atom. The molecule has 0 saturated carbocycles. The van der Waals surface area contributed by atoms with Crippen LogP contribution in [-0.2, 0) is 4.74 Å². The normalized spacial score (nSPS) is 23.6. The van der Waals surface area contributed by atoms with E-state index in [2.05, 4.69) is 15.6 Å². The highest BCUT2D eigenvalue weighted by Crippen LogP contribution is 2.07. The Hall–Kier alpha value is -1.46. The Balaban J connectivity index is 2.04. The van der Waals surface area contributed by atoms with Gasteiger partial charge in [0.1, 0.15) is 0 Å². The van der Waals surface area contributed by atoms with E-state index >= 15 is 0 Å². The molecule has 0 spiro atoms. The number of aryl methyl sites for hydroxylation is 1. The molecule has 1 amide bonds. The van der Waals surface area contributed by atoms with Crippen molar-refractivity contribution in [2.75, 3.05) is 20.2 Å². The first-order chi connectivity index (χ1) is 8.22. The molecule has 0 bridgehead atoms. The smallest absolute Gasteiger partial charge is 0.253 e. The second-order valence-electron chi connectivity index (χ2n) is 4.15. The van der Waals surface area contributed by atoms with Gasteiger partial charge in [0.05, 0.1) is 17.7 Å². The molecule has 2 rings (SSSR count). The second kappa shape index (κ2) is 5.25. The average Bonchev–Trinajstić information content (AvgIpc) is 2.76. The summed E-state index contributed by atoms with van der Waals surface area (Å²) in [6, 6.07) is 3.57. The van der Waals surface area contributed by atoms with Gasteiger partial charge in [0, 0.05) is 32.1 Å². The van der Waals surface area contributed by atoms with Crippen LogP contribution in [0, 0.1) is 6.92 Å². The van der Waals surface area contributed by atoms with Crippen LogP contribution in [0.15, 0.2) is 18.3 Å². The summed E-state index contributed by atoms with van der Waals surface area (Å²) in [5.74, 6) is -0.0913. The zero-order chi connectivity index (χ0) is 12.3. The van der Waals surface area contributed by atoms with E-state index in [1.54, 1.807) is 25.4 Å². The number of ether oxygens (including phenoxy) is 1. The number of amides is 1. The minimum absolute atomic E-state index is 0.0205. The largest absolute Gasteiger partial charge is 0.378 e. The van der Waals surface area contributed by atoms with Gasteiger partial charge in [-0.05, 0) is 19.1 Å². The molecule has 17 heavy (non-hydrogen) atoms. The van der Waals surface area contributed by atoms with Crippen LogP contribution in [-0.4, -0.2) is 43.2 Å². The van der Waals surface area contributed by atoms with E-state index in [0.717, 1.165) is 18.8 Å². The highest BCUT2D eigenvalue weighted by atomic mass is 16.5. The first-order valence-electron chi connectivity index (χ1n) is 5.68. The number of carbonyl (C=O) groups excluding carboxylic acids is 1. The molecule has 1 aromatic rings. The summed E-state index contributed by atoms with van der Waals surface area (Å²) < 4.78 is 5.30. The number of pyridine rings is 1. The molecule has 5 heteroatoms. The third-order valence-electron chi connectivity index (χ3n) is 3.03. The summed E-state index contributed by atoms with van der Waals surface area (Å²) >= 11 is 0. The minimum atomic E-state index is -0.0913. The number of nitrogens with zero attached hydrogens (tertiary/aromatic N) is 1. The van der Waals surface area contributed by atoms with Crippen molar-refractivity contribution in [2.45, 2.75) is 19.1 Å². The van der Waals surface area contributed by atoms with E-state index < -0.39 is 0 Å². The fourth-order valence-corrected chi connectivity index (χ4v) is 2.02. The molecular weight excluding hydrogens is 218 g/mol. The fourth-order valence-electron chi connectivity index (χ4n) is 2.02. The predicted molar refractivity (Wildman–Crippen MR) is 63.9 cm³/mol. The van der Waals surface area contributed by atoms with Crippen molar-refractivity contribution in [3.05, 3.63) is 29.6 Å². The number of carbonyl (C=O) groups is 1. The van der Waals surface area contributed by atoms with Crippen molar-refractivity contribution in [2.24, 2.45) is 0 Å². The zero-order valence-electron chi connectivity index (χ0n) is 10.1. The maximum atomic E-state index is 12.0. The molecule has 2 atom stereocenters. The highest BCUT2D eigenvalue weighted by molar-refractivity contribution is 5.95. The van der Waals surface area contributed by atoms with E-state index in [-0.39, 0.29) is 18.1 Å². The maximum absolute atomic E-state index is 12.0. The van der Waals surface area contributed by atoms with Crippen molar-refractivity contribution >= 4 is 5.91 Å². The Kier molecular flexibility index (Phi) is 3.71. The summed E-state index contributed by atoms with van der Waals surface area (Å²) in [6.07, 6.45) is 1.72. The van der Waals surface area contributed by atoms with Gasteiger partial charge in [0.2, 0.25) is 0 Å². The first-order valence-corrected chi connectivity index (χ1v) is 5.68. The average molecular weight is 235 g/mol. The summed E-state index contributed by atoms with van der Waals surface area (Å²) in [7, 11) is 1.66. The molecule has 2 heterocycles. The minimum Gasteiger partial charge on any atom is -0.378 e. The van der Waals surface area contributed by atoms with Crippen LogP contribution in [0.3, 0.4) is 0 Å². The lowest BCUT2D eigenvalue weighted by Crippen LogP contribution is -2.43. The van der Waals surface area contributed by atoms with Gasteiger partial charge in [0.25, 0.3) is 5.91 Å². The van der Waals surface area contributed by atoms with Gasteiger partial charge in [0.15, 0.2) is 0 Å². The number of hydrogen-bond donors (Lipinski definition) is 2. The highest BCUT2D eigenvalue weighted by Gasteiger charge is 2.28. The van der Waals surface area contributed by atoms with Crippen LogP contribution in [0.1, 0.15) is 16.1 Å². The van der Waals surface area contributed by atoms with E-state index in [0.29, 0.717) is 5.56 Å². The lowest BCUT2D eigenvalue weighted by molar-refractivity contribution is 0.0779. The van der Waals surface area contributed by atoms with Crippen LogP contribution in [0.2, 0.25) is 0 Å². The quantitative estimate of drug-likeness (QED) is 0.780. The standard InChI is InChI=1S/C12H17N3O2/c1-8-9(4-3-5-14-8)12(16)15-10-6-13-7-11(10)17-2/h3-5,10-11,13H,6-7H2,1-2H3,(H,15,16)/t10?,11-/m0/s1. The van der Waals surface area contributed by atoms with Crippen molar-refractivity contribution in [1.29, 1.82) is 0 Å². The summed E-state index contributed by atoms with van der Waals surface area (Å²) in [5, 5.41) is 6.16. The third kappa shape index (κ3) is 2.62. The summed E-state index contributed by atoms with van der Waals surface area (Å²) in [6.45, 7) is 3.34. The maximum Gasteiger partial charge on any atom is 0.253 e. The SMILES string of the molecule is CO[C@H]1CNCC1NC(=O)c1cccnc1C. The molecule has 0 radical (unpaired) electrons.